The summed E-state index contributed by atoms with van der Waals surface area (Å²) in [5.41, 5.74) is 2.47. The molecule has 0 heterocycles. The van der Waals surface area contributed by atoms with E-state index in [-0.39, 0.29) is 0 Å². The lowest BCUT2D eigenvalue weighted by Gasteiger charge is -2.35. The number of hydrazine groups is 1. The highest BCUT2D eigenvalue weighted by Gasteiger charge is 2.27. The maximum atomic E-state index is 5.22. The molecule has 13 heavy (non-hydrogen) atoms. The van der Waals surface area contributed by atoms with Crippen molar-refractivity contribution in [1.29, 1.82) is 0 Å². The van der Waals surface area contributed by atoms with Crippen LogP contribution < -0.4 is 16.6 Å². The number of hydrogen-bond donors (Lipinski definition) is 3. The van der Waals surface area contributed by atoms with Crippen molar-refractivity contribution in [3.8, 4) is 0 Å². The SMILES string of the molecule is C[C@@H]1[C@H](C)CCC[C@@H]1NC(=S)NN. The van der Waals surface area contributed by atoms with Crippen LogP contribution in [0, 0.1) is 11.8 Å². The van der Waals surface area contributed by atoms with Crippen molar-refractivity contribution in [3.63, 3.8) is 0 Å². The molecule has 0 radical (unpaired) electrons. The zero-order valence-corrected chi connectivity index (χ0v) is 9.16. The minimum atomic E-state index is 0.493. The van der Waals surface area contributed by atoms with Gasteiger partial charge in [0.05, 0.1) is 0 Å². The van der Waals surface area contributed by atoms with Crippen molar-refractivity contribution in [1.82, 2.24) is 10.7 Å². The van der Waals surface area contributed by atoms with Crippen LogP contribution in [0.25, 0.3) is 0 Å². The molecule has 3 atom stereocenters. The fourth-order valence-electron chi connectivity index (χ4n) is 2.00. The Morgan fingerprint density at radius 3 is 2.69 bits per heavy atom. The lowest BCUT2D eigenvalue weighted by Crippen LogP contribution is -2.49. The van der Waals surface area contributed by atoms with Crippen LogP contribution in [0.3, 0.4) is 0 Å². The van der Waals surface area contributed by atoms with Crippen LogP contribution in [0.5, 0.6) is 0 Å². The highest BCUT2D eigenvalue weighted by Crippen LogP contribution is 2.29. The fourth-order valence-corrected chi connectivity index (χ4v) is 2.15. The van der Waals surface area contributed by atoms with Crippen molar-refractivity contribution in [3.05, 3.63) is 0 Å². The average molecular weight is 201 g/mol. The summed E-state index contributed by atoms with van der Waals surface area (Å²) in [4.78, 5) is 0. The summed E-state index contributed by atoms with van der Waals surface area (Å²) < 4.78 is 0. The summed E-state index contributed by atoms with van der Waals surface area (Å²) in [5, 5.41) is 3.81. The van der Waals surface area contributed by atoms with E-state index >= 15 is 0 Å². The Bertz CT molecular complexity index is 184. The van der Waals surface area contributed by atoms with Gasteiger partial charge in [0.25, 0.3) is 0 Å². The van der Waals surface area contributed by atoms with Gasteiger partial charge in [-0.05, 0) is 30.5 Å². The van der Waals surface area contributed by atoms with Crippen LogP contribution in [0.2, 0.25) is 0 Å². The van der Waals surface area contributed by atoms with E-state index < -0.39 is 0 Å². The minimum Gasteiger partial charge on any atom is -0.359 e. The highest BCUT2D eigenvalue weighted by atomic mass is 32.1. The Kier molecular flexibility index (Phi) is 3.93. The Morgan fingerprint density at radius 2 is 2.08 bits per heavy atom. The number of nitrogens with two attached hydrogens (primary N) is 1. The third kappa shape index (κ3) is 2.81. The van der Waals surface area contributed by atoms with Crippen LogP contribution in [0.4, 0.5) is 0 Å². The summed E-state index contributed by atoms with van der Waals surface area (Å²) in [6.45, 7) is 4.58. The number of hydrogen-bond acceptors (Lipinski definition) is 2. The second-order valence-corrected chi connectivity index (χ2v) is 4.40. The second-order valence-electron chi connectivity index (χ2n) is 3.99. The molecule has 76 valence electrons. The summed E-state index contributed by atoms with van der Waals surface area (Å²) in [7, 11) is 0. The van der Waals surface area contributed by atoms with Crippen LogP contribution in [-0.2, 0) is 0 Å². The van der Waals surface area contributed by atoms with Crippen molar-refractivity contribution in [2.75, 3.05) is 0 Å². The quantitative estimate of drug-likeness (QED) is 0.338. The number of thiocarbonyl (C=S) groups is 1. The molecule has 0 spiro atoms. The molecule has 4 N–H and O–H groups in total. The van der Waals surface area contributed by atoms with Crippen molar-refractivity contribution in [2.45, 2.75) is 39.2 Å². The van der Waals surface area contributed by atoms with E-state index in [2.05, 4.69) is 24.6 Å². The fraction of sp³-hybridized carbons (Fsp3) is 0.889. The van der Waals surface area contributed by atoms with Gasteiger partial charge in [-0.2, -0.15) is 0 Å². The van der Waals surface area contributed by atoms with Crippen molar-refractivity contribution < 1.29 is 0 Å². The minimum absolute atomic E-state index is 0.493. The molecule has 4 heteroatoms. The maximum absolute atomic E-state index is 5.22. The summed E-state index contributed by atoms with van der Waals surface area (Å²) >= 11 is 4.98. The van der Waals surface area contributed by atoms with Gasteiger partial charge in [-0.25, -0.2) is 5.84 Å². The third-order valence-electron chi connectivity index (χ3n) is 3.15. The lowest BCUT2D eigenvalue weighted by atomic mass is 9.78. The standard InChI is InChI=1S/C9H19N3S/c1-6-4-3-5-8(7(6)2)11-9(13)12-10/h6-8H,3-5,10H2,1-2H3,(H2,11,12,13)/t6-,7-,8+/m1/s1. The molecule has 0 unspecified atom stereocenters. The first kappa shape index (κ1) is 10.7. The van der Waals surface area contributed by atoms with Gasteiger partial charge in [0.15, 0.2) is 5.11 Å². The third-order valence-corrected chi connectivity index (χ3v) is 3.39. The van der Waals surface area contributed by atoms with Gasteiger partial charge in [-0.3, -0.25) is 0 Å². The zero-order valence-electron chi connectivity index (χ0n) is 8.34. The zero-order chi connectivity index (χ0) is 9.84. The predicted molar refractivity (Wildman–Crippen MR) is 59.0 cm³/mol. The van der Waals surface area contributed by atoms with Gasteiger partial charge in [0, 0.05) is 6.04 Å². The van der Waals surface area contributed by atoms with E-state index in [0.717, 1.165) is 5.92 Å². The Labute approximate surface area is 85.4 Å². The molecule has 1 fully saturated rings. The molecule has 0 bridgehead atoms. The van der Waals surface area contributed by atoms with Crippen LogP contribution >= 0.6 is 12.2 Å². The summed E-state index contributed by atoms with van der Waals surface area (Å²) in [6, 6.07) is 0.493. The first-order chi connectivity index (χ1) is 6.15. The van der Waals surface area contributed by atoms with E-state index in [0.29, 0.717) is 17.1 Å². The van der Waals surface area contributed by atoms with Crippen LogP contribution in [0.1, 0.15) is 33.1 Å². The molecule has 1 rings (SSSR count). The molecule has 0 aliphatic heterocycles. The molecular weight excluding hydrogens is 182 g/mol. The normalized spacial score (nSPS) is 33.9. The molecule has 0 amide bonds. The van der Waals surface area contributed by atoms with E-state index in [4.69, 9.17) is 18.1 Å². The summed E-state index contributed by atoms with van der Waals surface area (Å²) in [5.74, 6) is 6.68. The number of rotatable bonds is 1. The van der Waals surface area contributed by atoms with Crippen molar-refractivity contribution >= 4 is 17.3 Å². The predicted octanol–water partition coefficient (Wildman–Crippen LogP) is 1.15. The van der Waals surface area contributed by atoms with Crippen molar-refractivity contribution in [2.24, 2.45) is 17.7 Å². The molecule has 0 aromatic rings. The first-order valence-corrected chi connectivity index (χ1v) is 5.33. The molecule has 0 aromatic carbocycles. The van der Waals surface area contributed by atoms with Gasteiger partial charge >= 0.3 is 0 Å². The van der Waals surface area contributed by atoms with Gasteiger partial charge in [-0.1, -0.05) is 26.7 Å². The van der Waals surface area contributed by atoms with Gasteiger partial charge in [0.1, 0.15) is 0 Å². The van der Waals surface area contributed by atoms with Gasteiger partial charge < -0.3 is 10.7 Å². The molecule has 0 aromatic heterocycles. The molecule has 3 nitrogen and oxygen atoms in total. The topological polar surface area (TPSA) is 50.1 Å². The Balaban J connectivity index is 2.43. The molecule has 0 saturated heterocycles. The molecule has 1 aliphatic rings. The van der Waals surface area contributed by atoms with E-state index in [1.54, 1.807) is 0 Å². The monoisotopic (exact) mass is 201 g/mol. The largest absolute Gasteiger partial charge is 0.359 e. The Hall–Kier alpha value is -0.350. The average Bonchev–Trinajstić information content (AvgIpc) is 2.13. The first-order valence-electron chi connectivity index (χ1n) is 4.92. The lowest BCUT2D eigenvalue weighted by molar-refractivity contribution is 0.224. The summed E-state index contributed by atoms with van der Waals surface area (Å²) in [6.07, 6.45) is 3.83. The molecule has 1 aliphatic carbocycles. The van der Waals surface area contributed by atoms with Gasteiger partial charge in [0.2, 0.25) is 0 Å². The van der Waals surface area contributed by atoms with E-state index in [1.165, 1.54) is 19.3 Å². The second kappa shape index (κ2) is 4.77. The molecular formula is C9H19N3S. The van der Waals surface area contributed by atoms with E-state index in [9.17, 15) is 0 Å². The molecule has 1 saturated carbocycles. The van der Waals surface area contributed by atoms with Crippen LogP contribution in [-0.4, -0.2) is 11.2 Å². The Morgan fingerprint density at radius 1 is 1.38 bits per heavy atom. The van der Waals surface area contributed by atoms with E-state index in [1.807, 2.05) is 0 Å². The maximum Gasteiger partial charge on any atom is 0.180 e. The van der Waals surface area contributed by atoms with Gasteiger partial charge in [-0.15, -0.1) is 0 Å². The highest BCUT2D eigenvalue weighted by molar-refractivity contribution is 7.80. The number of nitrogens with one attached hydrogen (secondary N) is 2. The smallest absolute Gasteiger partial charge is 0.180 e. The van der Waals surface area contributed by atoms with Crippen LogP contribution in [0.15, 0.2) is 0 Å².